The summed E-state index contributed by atoms with van der Waals surface area (Å²) in [5, 5.41) is 10.5. The number of hydrogen-bond acceptors (Lipinski definition) is 3. The van der Waals surface area contributed by atoms with E-state index in [4.69, 9.17) is 0 Å². The van der Waals surface area contributed by atoms with E-state index in [1.165, 1.54) is 0 Å². The molecule has 2 N–H and O–H groups in total. The fourth-order valence-electron chi connectivity index (χ4n) is 2.78. The van der Waals surface area contributed by atoms with Gasteiger partial charge in [0.05, 0.1) is 10.5 Å². The highest BCUT2D eigenvalue weighted by Crippen LogP contribution is 2.32. The van der Waals surface area contributed by atoms with Crippen molar-refractivity contribution in [1.29, 1.82) is 0 Å². The lowest BCUT2D eigenvalue weighted by molar-refractivity contribution is -0.00751. The molecule has 0 amide bonds. The number of sulfonamides is 1. The van der Waals surface area contributed by atoms with Gasteiger partial charge >= 0.3 is 0 Å². The molecule has 1 aromatic carbocycles. The van der Waals surface area contributed by atoms with Gasteiger partial charge in [0.25, 0.3) is 0 Å². The predicted octanol–water partition coefficient (Wildman–Crippen LogP) is 3.43. The van der Waals surface area contributed by atoms with E-state index in [-0.39, 0.29) is 11.4 Å². The molecule has 0 bridgehead atoms. The van der Waals surface area contributed by atoms with Crippen molar-refractivity contribution in [3.05, 3.63) is 27.1 Å². The zero-order valence-corrected chi connectivity index (χ0v) is 15.8. The summed E-state index contributed by atoms with van der Waals surface area (Å²) in [6, 6.07) is 4.98. The molecule has 0 radical (unpaired) electrons. The number of aliphatic hydroxyl groups is 1. The van der Waals surface area contributed by atoms with Gasteiger partial charge in [-0.1, -0.05) is 35.7 Å². The highest BCUT2D eigenvalue weighted by Gasteiger charge is 2.34. The fraction of sp³-hybridized carbons (Fsp3) is 0.571. The van der Waals surface area contributed by atoms with Crippen LogP contribution in [0, 0.1) is 5.92 Å². The normalized spacial score (nSPS) is 26.8. The highest BCUT2D eigenvalue weighted by molar-refractivity contribution is 9.11. The largest absolute Gasteiger partial charge is 0.389 e. The van der Waals surface area contributed by atoms with Gasteiger partial charge in [-0.25, -0.2) is 13.1 Å². The maximum Gasteiger partial charge on any atom is 0.241 e. The van der Waals surface area contributed by atoms with Crippen molar-refractivity contribution in [1.82, 2.24) is 4.72 Å². The first-order valence-corrected chi connectivity index (χ1v) is 9.96. The lowest BCUT2D eigenvalue weighted by Crippen LogP contribution is -2.45. The van der Waals surface area contributed by atoms with Crippen molar-refractivity contribution in [2.75, 3.05) is 6.54 Å². The Labute approximate surface area is 142 Å². The van der Waals surface area contributed by atoms with E-state index in [9.17, 15) is 13.5 Å². The van der Waals surface area contributed by atoms with Crippen LogP contribution in [0.3, 0.4) is 0 Å². The van der Waals surface area contributed by atoms with Gasteiger partial charge in [0.1, 0.15) is 0 Å². The van der Waals surface area contributed by atoms with E-state index >= 15 is 0 Å². The molecular formula is C14H19Br2NO3S. The van der Waals surface area contributed by atoms with Crippen molar-refractivity contribution in [2.24, 2.45) is 5.92 Å². The maximum absolute atomic E-state index is 12.4. The summed E-state index contributed by atoms with van der Waals surface area (Å²) < 4.78 is 28.5. The summed E-state index contributed by atoms with van der Waals surface area (Å²) in [6.07, 6.45) is 3.29. The third-order valence-electron chi connectivity index (χ3n) is 3.84. The topological polar surface area (TPSA) is 66.4 Å². The third-order valence-corrected chi connectivity index (χ3v) is 6.73. The molecule has 2 rings (SSSR count). The van der Waals surface area contributed by atoms with E-state index in [2.05, 4.69) is 43.5 Å². The minimum absolute atomic E-state index is 0.0542. The van der Waals surface area contributed by atoms with Gasteiger partial charge in [-0.3, -0.25) is 0 Å². The van der Waals surface area contributed by atoms with E-state index in [0.717, 1.165) is 12.8 Å². The van der Waals surface area contributed by atoms with E-state index < -0.39 is 15.6 Å². The summed E-state index contributed by atoms with van der Waals surface area (Å²) in [7, 11) is -3.66. The van der Waals surface area contributed by atoms with Gasteiger partial charge in [0.15, 0.2) is 0 Å². The Bertz CT molecular complexity index is 621. The molecule has 1 saturated carbocycles. The van der Waals surface area contributed by atoms with Crippen LogP contribution in [0.4, 0.5) is 0 Å². The predicted molar refractivity (Wildman–Crippen MR) is 89.6 cm³/mol. The lowest BCUT2D eigenvalue weighted by atomic mass is 9.79. The zero-order valence-electron chi connectivity index (χ0n) is 11.8. The lowest BCUT2D eigenvalue weighted by Gasteiger charge is -2.35. The van der Waals surface area contributed by atoms with Crippen molar-refractivity contribution in [3.8, 4) is 0 Å². The molecule has 7 heteroatoms. The van der Waals surface area contributed by atoms with Crippen molar-refractivity contribution in [2.45, 2.75) is 43.1 Å². The Hall–Kier alpha value is 0.0500. The Morgan fingerprint density at radius 3 is 2.81 bits per heavy atom. The van der Waals surface area contributed by atoms with E-state index in [0.29, 0.717) is 27.7 Å². The van der Waals surface area contributed by atoms with Crippen molar-refractivity contribution < 1.29 is 13.5 Å². The molecule has 1 aliphatic rings. The Balaban J connectivity index is 2.13. The van der Waals surface area contributed by atoms with Crippen LogP contribution in [0.15, 0.2) is 32.0 Å². The minimum Gasteiger partial charge on any atom is -0.389 e. The van der Waals surface area contributed by atoms with Crippen molar-refractivity contribution >= 4 is 41.9 Å². The Morgan fingerprint density at radius 2 is 2.14 bits per heavy atom. The molecule has 0 spiro atoms. The molecular weight excluding hydrogens is 422 g/mol. The second-order valence-corrected chi connectivity index (χ2v) is 9.33. The first-order chi connectivity index (χ1) is 9.72. The maximum atomic E-state index is 12.4. The van der Waals surface area contributed by atoms with Crippen LogP contribution < -0.4 is 4.72 Å². The van der Waals surface area contributed by atoms with Crippen LogP contribution in [0.2, 0.25) is 0 Å². The number of nitrogens with one attached hydrogen (secondary N) is 1. The SMILES string of the molecule is CC1CCCC(O)(CNS(=O)(=O)c2cc(Br)ccc2Br)C1. The summed E-state index contributed by atoms with van der Waals surface area (Å²) >= 11 is 6.53. The molecule has 2 unspecified atom stereocenters. The molecule has 0 saturated heterocycles. The van der Waals surface area contributed by atoms with Gasteiger partial charge in [0.2, 0.25) is 10.0 Å². The summed E-state index contributed by atoms with van der Waals surface area (Å²) in [4.78, 5) is 0.171. The first kappa shape index (κ1) is 17.4. The highest BCUT2D eigenvalue weighted by atomic mass is 79.9. The first-order valence-electron chi connectivity index (χ1n) is 6.89. The average Bonchev–Trinajstić information content (AvgIpc) is 2.39. The van der Waals surface area contributed by atoms with E-state index in [1.807, 2.05) is 0 Å². The van der Waals surface area contributed by atoms with Crippen molar-refractivity contribution in [3.63, 3.8) is 0 Å². The number of hydrogen-bond donors (Lipinski definition) is 2. The molecule has 2 atom stereocenters. The van der Waals surface area contributed by atoms with Crippen LogP contribution >= 0.6 is 31.9 Å². The second-order valence-electron chi connectivity index (χ2n) is 5.83. The zero-order chi connectivity index (χ0) is 15.7. The summed E-state index contributed by atoms with van der Waals surface area (Å²) in [5.74, 6) is 0.422. The summed E-state index contributed by atoms with van der Waals surface area (Å²) in [6.45, 7) is 2.14. The second kappa shape index (κ2) is 6.66. The minimum atomic E-state index is -3.66. The quantitative estimate of drug-likeness (QED) is 0.753. The fourth-order valence-corrected chi connectivity index (χ4v) is 5.40. The molecule has 21 heavy (non-hydrogen) atoms. The number of halogens is 2. The smallest absolute Gasteiger partial charge is 0.241 e. The van der Waals surface area contributed by atoms with Crippen LogP contribution in [-0.4, -0.2) is 25.7 Å². The molecule has 118 valence electrons. The molecule has 1 fully saturated rings. The molecule has 0 heterocycles. The third kappa shape index (κ3) is 4.51. The van der Waals surface area contributed by atoms with Crippen LogP contribution in [0.1, 0.15) is 32.6 Å². The molecule has 4 nitrogen and oxygen atoms in total. The molecule has 0 aromatic heterocycles. The van der Waals surface area contributed by atoms with Gasteiger partial charge in [-0.05, 0) is 52.9 Å². The molecule has 1 aliphatic carbocycles. The number of rotatable bonds is 4. The van der Waals surface area contributed by atoms with Crippen LogP contribution in [0.25, 0.3) is 0 Å². The monoisotopic (exact) mass is 439 g/mol. The summed E-state index contributed by atoms with van der Waals surface area (Å²) in [5.41, 5.74) is -0.941. The van der Waals surface area contributed by atoms with Gasteiger partial charge in [0, 0.05) is 15.5 Å². The number of benzene rings is 1. The Kier molecular flexibility index (Phi) is 5.52. The molecule has 0 aliphatic heterocycles. The van der Waals surface area contributed by atoms with Crippen LogP contribution in [-0.2, 0) is 10.0 Å². The van der Waals surface area contributed by atoms with Gasteiger partial charge in [-0.2, -0.15) is 0 Å². The molecule has 1 aromatic rings. The standard InChI is InChI=1S/C14H19Br2NO3S/c1-10-3-2-6-14(18,8-10)9-17-21(19,20)13-7-11(15)4-5-12(13)16/h4-5,7,10,17-18H,2-3,6,8-9H2,1H3. The van der Waals surface area contributed by atoms with Gasteiger partial charge in [-0.15, -0.1) is 0 Å². The van der Waals surface area contributed by atoms with Crippen LogP contribution in [0.5, 0.6) is 0 Å². The Morgan fingerprint density at radius 1 is 1.43 bits per heavy atom. The average molecular weight is 441 g/mol. The van der Waals surface area contributed by atoms with Gasteiger partial charge < -0.3 is 5.11 Å². The van der Waals surface area contributed by atoms with E-state index in [1.54, 1.807) is 18.2 Å².